The minimum Gasteiger partial charge on any atom is -0.272 e. The molecule has 1 atom stereocenters. The van der Waals surface area contributed by atoms with Crippen LogP contribution in [0.2, 0.25) is 0 Å². The predicted octanol–water partition coefficient (Wildman–Crippen LogP) is 4.08. The number of nitrogens with zero attached hydrogens (tertiary/aromatic N) is 1. The molecule has 0 spiro atoms. The molecule has 0 aliphatic rings. The molecule has 0 fully saturated rings. The number of carbonyl (C=O) groups is 1. The molecule has 2 aromatic rings. The molecule has 2 aromatic carbocycles. The van der Waals surface area contributed by atoms with Gasteiger partial charge in [-0.3, -0.25) is 4.79 Å². The van der Waals surface area contributed by atoms with Crippen LogP contribution in [0.5, 0.6) is 0 Å². The Morgan fingerprint density at radius 3 is 2.71 bits per heavy atom. The maximum Gasteiger partial charge on any atom is 0.253 e. The van der Waals surface area contributed by atoms with E-state index in [1.54, 1.807) is 6.21 Å². The molecular formula is C16H15BrN2OS. The molecule has 1 N–H and O–H groups in total. The van der Waals surface area contributed by atoms with E-state index in [4.69, 9.17) is 0 Å². The highest BCUT2D eigenvalue weighted by Crippen LogP contribution is 2.22. The molecule has 2 rings (SSSR count). The number of halogens is 1. The lowest BCUT2D eigenvalue weighted by molar-refractivity contribution is -0.120. The zero-order chi connectivity index (χ0) is 15.1. The standard InChI is InChI=1S/C16H15BrN2OS/c1-12(21-15-8-3-2-4-9-15)16(20)19-18-11-13-6-5-7-14(17)10-13/h2-12H,1H3,(H,19,20). The number of hydrogen-bond donors (Lipinski definition) is 1. The fourth-order valence-corrected chi connectivity index (χ4v) is 2.90. The first-order valence-corrected chi connectivity index (χ1v) is 8.12. The van der Waals surface area contributed by atoms with Crippen molar-refractivity contribution in [3.8, 4) is 0 Å². The molecule has 0 radical (unpaired) electrons. The minimum absolute atomic E-state index is 0.116. The SMILES string of the molecule is CC(Sc1ccccc1)C(=O)NN=Cc1cccc(Br)c1. The van der Waals surface area contributed by atoms with Gasteiger partial charge in [-0.2, -0.15) is 5.10 Å². The molecule has 0 saturated heterocycles. The molecule has 5 heteroatoms. The van der Waals surface area contributed by atoms with Crippen molar-refractivity contribution in [2.75, 3.05) is 0 Å². The first-order chi connectivity index (χ1) is 10.1. The third kappa shape index (κ3) is 5.36. The van der Waals surface area contributed by atoms with Crippen LogP contribution in [0.1, 0.15) is 12.5 Å². The van der Waals surface area contributed by atoms with Crippen LogP contribution in [0.25, 0.3) is 0 Å². The molecule has 0 saturated carbocycles. The quantitative estimate of drug-likeness (QED) is 0.494. The van der Waals surface area contributed by atoms with E-state index in [0.717, 1.165) is 14.9 Å². The smallest absolute Gasteiger partial charge is 0.253 e. The van der Waals surface area contributed by atoms with Crippen molar-refractivity contribution in [1.29, 1.82) is 0 Å². The van der Waals surface area contributed by atoms with Crippen molar-refractivity contribution in [3.63, 3.8) is 0 Å². The second-order valence-electron chi connectivity index (χ2n) is 4.36. The molecule has 21 heavy (non-hydrogen) atoms. The number of thioether (sulfide) groups is 1. The topological polar surface area (TPSA) is 41.5 Å². The number of hydrogen-bond acceptors (Lipinski definition) is 3. The van der Waals surface area contributed by atoms with E-state index in [2.05, 4.69) is 26.5 Å². The lowest BCUT2D eigenvalue weighted by Crippen LogP contribution is -2.26. The van der Waals surface area contributed by atoms with Crippen molar-refractivity contribution >= 4 is 39.8 Å². The Morgan fingerprint density at radius 1 is 1.24 bits per heavy atom. The summed E-state index contributed by atoms with van der Waals surface area (Å²) >= 11 is 4.90. The van der Waals surface area contributed by atoms with Gasteiger partial charge in [0.1, 0.15) is 0 Å². The number of benzene rings is 2. The molecule has 3 nitrogen and oxygen atoms in total. The Labute approximate surface area is 137 Å². The second-order valence-corrected chi connectivity index (χ2v) is 6.69. The van der Waals surface area contributed by atoms with Crippen LogP contribution >= 0.6 is 27.7 Å². The fourth-order valence-electron chi connectivity index (χ4n) is 1.60. The summed E-state index contributed by atoms with van der Waals surface area (Å²) in [6, 6.07) is 17.5. The van der Waals surface area contributed by atoms with Gasteiger partial charge in [0.2, 0.25) is 0 Å². The van der Waals surface area contributed by atoms with E-state index in [1.807, 2.05) is 61.5 Å². The monoisotopic (exact) mass is 362 g/mol. The van der Waals surface area contributed by atoms with E-state index in [9.17, 15) is 4.79 Å². The van der Waals surface area contributed by atoms with Crippen molar-refractivity contribution in [2.24, 2.45) is 5.10 Å². The molecular weight excluding hydrogens is 348 g/mol. The predicted molar refractivity (Wildman–Crippen MR) is 91.6 cm³/mol. The van der Waals surface area contributed by atoms with Crippen LogP contribution in [0, 0.1) is 0 Å². The summed E-state index contributed by atoms with van der Waals surface area (Å²) in [5, 5.41) is 3.78. The second kappa shape index (κ2) is 8.00. The zero-order valence-corrected chi connectivity index (χ0v) is 13.9. The summed E-state index contributed by atoms with van der Waals surface area (Å²) in [5.41, 5.74) is 3.49. The highest BCUT2D eigenvalue weighted by molar-refractivity contribution is 9.10. The first-order valence-electron chi connectivity index (χ1n) is 6.45. The van der Waals surface area contributed by atoms with E-state index in [1.165, 1.54) is 11.8 Å². The maximum atomic E-state index is 11.9. The number of carbonyl (C=O) groups excluding carboxylic acids is 1. The highest BCUT2D eigenvalue weighted by atomic mass is 79.9. The van der Waals surface area contributed by atoms with Gasteiger partial charge in [-0.15, -0.1) is 11.8 Å². The van der Waals surface area contributed by atoms with Gasteiger partial charge in [-0.1, -0.05) is 46.3 Å². The van der Waals surface area contributed by atoms with Gasteiger partial charge in [-0.25, -0.2) is 5.43 Å². The normalized spacial score (nSPS) is 12.3. The molecule has 1 unspecified atom stereocenters. The summed E-state index contributed by atoms with van der Waals surface area (Å²) in [6.45, 7) is 1.86. The van der Waals surface area contributed by atoms with Gasteiger partial charge in [-0.05, 0) is 36.8 Å². The third-order valence-electron chi connectivity index (χ3n) is 2.66. The van der Waals surface area contributed by atoms with Crippen molar-refractivity contribution in [3.05, 3.63) is 64.6 Å². The Balaban J connectivity index is 1.86. The molecule has 108 valence electrons. The lowest BCUT2D eigenvalue weighted by atomic mass is 10.2. The van der Waals surface area contributed by atoms with Gasteiger partial charge in [0.05, 0.1) is 11.5 Å². The van der Waals surface area contributed by atoms with Gasteiger partial charge in [0, 0.05) is 9.37 Å². The van der Waals surface area contributed by atoms with Gasteiger partial charge in [0.15, 0.2) is 0 Å². The van der Waals surface area contributed by atoms with Gasteiger partial charge < -0.3 is 0 Å². The molecule has 0 bridgehead atoms. The molecule has 0 aliphatic heterocycles. The Morgan fingerprint density at radius 2 is 2.00 bits per heavy atom. The third-order valence-corrected chi connectivity index (χ3v) is 4.27. The number of nitrogens with one attached hydrogen (secondary N) is 1. The summed E-state index contributed by atoms with van der Waals surface area (Å²) in [7, 11) is 0. The highest BCUT2D eigenvalue weighted by Gasteiger charge is 2.13. The van der Waals surface area contributed by atoms with Crippen LogP contribution in [0.4, 0.5) is 0 Å². The van der Waals surface area contributed by atoms with Crippen molar-refractivity contribution in [1.82, 2.24) is 5.43 Å². The molecule has 0 aliphatic carbocycles. The summed E-state index contributed by atoms with van der Waals surface area (Å²) in [5.74, 6) is -0.116. The van der Waals surface area contributed by atoms with Gasteiger partial charge >= 0.3 is 0 Å². The number of rotatable bonds is 5. The van der Waals surface area contributed by atoms with E-state index in [0.29, 0.717) is 0 Å². The summed E-state index contributed by atoms with van der Waals surface area (Å²) < 4.78 is 0.978. The zero-order valence-electron chi connectivity index (χ0n) is 11.5. The molecule has 0 aromatic heterocycles. The van der Waals surface area contributed by atoms with Crippen LogP contribution in [0.3, 0.4) is 0 Å². The molecule has 0 heterocycles. The van der Waals surface area contributed by atoms with Crippen molar-refractivity contribution in [2.45, 2.75) is 17.1 Å². The van der Waals surface area contributed by atoms with E-state index < -0.39 is 0 Å². The Bertz CT molecular complexity index is 631. The van der Waals surface area contributed by atoms with Gasteiger partial charge in [0.25, 0.3) is 5.91 Å². The van der Waals surface area contributed by atoms with Crippen molar-refractivity contribution < 1.29 is 4.79 Å². The summed E-state index contributed by atoms with van der Waals surface area (Å²) in [6.07, 6.45) is 1.63. The summed E-state index contributed by atoms with van der Waals surface area (Å²) in [4.78, 5) is 13.0. The average Bonchev–Trinajstić information content (AvgIpc) is 2.48. The minimum atomic E-state index is -0.202. The first kappa shape index (κ1) is 15.8. The van der Waals surface area contributed by atoms with Crippen LogP contribution in [-0.4, -0.2) is 17.4 Å². The number of hydrazone groups is 1. The fraction of sp³-hybridized carbons (Fsp3) is 0.125. The number of amides is 1. The largest absolute Gasteiger partial charge is 0.272 e. The Hall–Kier alpha value is -1.59. The molecule has 1 amide bonds. The van der Waals surface area contributed by atoms with E-state index >= 15 is 0 Å². The average molecular weight is 363 g/mol. The lowest BCUT2D eigenvalue weighted by Gasteiger charge is -2.08. The van der Waals surface area contributed by atoms with E-state index in [-0.39, 0.29) is 11.2 Å². The maximum absolute atomic E-state index is 11.9. The Kier molecular flexibility index (Phi) is 6.02. The van der Waals surface area contributed by atoms with Crippen LogP contribution in [0.15, 0.2) is 69.1 Å². The van der Waals surface area contributed by atoms with Crippen LogP contribution < -0.4 is 5.43 Å². The van der Waals surface area contributed by atoms with Crippen LogP contribution in [-0.2, 0) is 4.79 Å².